The number of rotatable bonds is 5. The zero-order valence-corrected chi connectivity index (χ0v) is 12.3. The van der Waals surface area contributed by atoms with Gasteiger partial charge in [0.25, 0.3) is 5.91 Å². The Morgan fingerprint density at radius 1 is 1.35 bits per heavy atom. The molecule has 1 aliphatic heterocycles. The van der Waals surface area contributed by atoms with Crippen molar-refractivity contribution in [1.29, 1.82) is 0 Å². The maximum Gasteiger partial charge on any atom is 0.251 e. The van der Waals surface area contributed by atoms with Crippen molar-refractivity contribution < 1.29 is 14.3 Å². The Labute approximate surface area is 119 Å². The van der Waals surface area contributed by atoms with Crippen LogP contribution >= 0.6 is 0 Å². The van der Waals surface area contributed by atoms with Gasteiger partial charge in [-0.25, -0.2) is 0 Å². The van der Waals surface area contributed by atoms with Crippen LogP contribution in [0.3, 0.4) is 0 Å². The minimum atomic E-state index is -0.102. The molecule has 2 rings (SSSR count). The Balaban J connectivity index is 2.08. The third kappa shape index (κ3) is 3.22. The third-order valence-corrected chi connectivity index (χ3v) is 3.69. The van der Waals surface area contributed by atoms with Crippen molar-refractivity contribution in [3.63, 3.8) is 0 Å². The van der Waals surface area contributed by atoms with E-state index in [0.717, 1.165) is 18.5 Å². The number of methoxy groups -OCH3 is 2. The van der Waals surface area contributed by atoms with Crippen LogP contribution in [-0.4, -0.2) is 39.3 Å². The number of benzene rings is 1. The van der Waals surface area contributed by atoms with Gasteiger partial charge in [0.05, 0.1) is 14.2 Å². The largest absolute Gasteiger partial charge is 0.496 e. The first-order valence-electron chi connectivity index (χ1n) is 6.90. The number of amides is 1. The predicted octanol–water partition coefficient (Wildman–Crippen LogP) is 1.49. The number of carbonyl (C=O) groups is 1. The normalized spacial score (nSPS) is 17.9. The van der Waals surface area contributed by atoms with E-state index in [4.69, 9.17) is 9.47 Å². The minimum Gasteiger partial charge on any atom is -0.496 e. The predicted molar refractivity (Wildman–Crippen MR) is 77.6 cm³/mol. The molecule has 0 radical (unpaired) electrons. The van der Waals surface area contributed by atoms with E-state index in [1.807, 2.05) is 6.92 Å². The Hall–Kier alpha value is -1.75. The Morgan fingerprint density at radius 2 is 2.00 bits per heavy atom. The molecule has 1 atom stereocenters. The molecule has 1 aromatic carbocycles. The van der Waals surface area contributed by atoms with Gasteiger partial charge in [0.15, 0.2) is 0 Å². The molecule has 0 saturated carbocycles. The Morgan fingerprint density at radius 3 is 2.50 bits per heavy atom. The summed E-state index contributed by atoms with van der Waals surface area (Å²) in [5.41, 5.74) is 1.45. The molecule has 1 heterocycles. The topological polar surface area (TPSA) is 59.6 Å². The van der Waals surface area contributed by atoms with E-state index in [-0.39, 0.29) is 5.91 Å². The lowest BCUT2D eigenvalue weighted by atomic mass is 10.1. The van der Waals surface area contributed by atoms with Gasteiger partial charge in [-0.3, -0.25) is 4.79 Å². The first-order valence-corrected chi connectivity index (χ1v) is 6.90. The van der Waals surface area contributed by atoms with Crippen molar-refractivity contribution in [3.8, 4) is 11.5 Å². The van der Waals surface area contributed by atoms with Crippen LogP contribution in [0.25, 0.3) is 0 Å². The molecule has 1 aliphatic rings. The molecule has 5 heteroatoms. The fourth-order valence-corrected chi connectivity index (χ4v) is 2.47. The average Bonchev–Trinajstić information content (AvgIpc) is 2.98. The molecule has 110 valence electrons. The van der Waals surface area contributed by atoms with Crippen LogP contribution in [0.2, 0.25) is 0 Å². The summed E-state index contributed by atoms with van der Waals surface area (Å²) in [6, 6.07) is 3.87. The van der Waals surface area contributed by atoms with Gasteiger partial charge >= 0.3 is 0 Å². The number of hydrogen-bond donors (Lipinski definition) is 2. The lowest BCUT2D eigenvalue weighted by Crippen LogP contribution is -2.37. The highest BCUT2D eigenvalue weighted by molar-refractivity contribution is 5.95. The maximum atomic E-state index is 12.2. The fourth-order valence-electron chi connectivity index (χ4n) is 2.47. The van der Waals surface area contributed by atoms with Crippen LogP contribution in [0.4, 0.5) is 0 Å². The van der Waals surface area contributed by atoms with E-state index in [0.29, 0.717) is 29.6 Å². The van der Waals surface area contributed by atoms with E-state index in [2.05, 4.69) is 10.6 Å². The molecular formula is C15H22N2O3. The molecule has 2 N–H and O–H groups in total. The lowest BCUT2D eigenvalue weighted by molar-refractivity contribution is 0.0949. The summed E-state index contributed by atoms with van der Waals surface area (Å²) in [5.74, 6) is 1.22. The molecule has 1 amide bonds. The van der Waals surface area contributed by atoms with Gasteiger partial charge in [0, 0.05) is 23.7 Å². The molecule has 1 aromatic rings. The first-order chi connectivity index (χ1) is 9.65. The summed E-state index contributed by atoms with van der Waals surface area (Å²) in [4.78, 5) is 12.2. The van der Waals surface area contributed by atoms with E-state index >= 15 is 0 Å². The van der Waals surface area contributed by atoms with Crippen molar-refractivity contribution in [2.45, 2.75) is 25.8 Å². The van der Waals surface area contributed by atoms with Crippen LogP contribution in [0.15, 0.2) is 12.1 Å². The zero-order valence-electron chi connectivity index (χ0n) is 12.3. The molecular weight excluding hydrogens is 256 g/mol. The summed E-state index contributed by atoms with van der Waals surface area (Å²) in [6.07, 6.45) is 2.29. The summed E-state index contributed by atoms with van der Waals surface area (Å²) < 4.78 is 10.6. The van der Waals surface area contributed by atoms with Gasteiger partial charge in [-0.15, -0.1) is 0 Å². The van der Waals surface area contributed by atoms with Gasteiger partial charge in [-0.2, -0.15) is 0 Å². The monoisotopic (exact) mass is 278 g/mol. The van der Waals surface area contributed by atoms with Gasteiger partial charge in [-0.05, 0) is 38.4 Å². The van der Waals surface area contributed by atoms with Crippen LogP contribution in [-0.2, 0) is 0 Å². The summed E-state index contributed by atoms with van der Waals surface area (Å²) in [5, 5.41) is 6.30. The van der Waals surface area contributed by atoms with Gasteiger partial charge in [-0.1, -0.05) is 0 Å². The second-order valence-corrected chi connectivity index (χ2v) is 5.01. The van der Waals surface area contributed by atoms with Gasteiger partial charge < -0.3 is 20.1 Å². The SMILES string of the molecule is COc1cc(C(=O)NCC2CCCN2)cc(OC)c1C. The molecule has 5 nitrogen and oxygen atoms in total. The van der Waals surface area contributed by atoms with Gasteiger partial charge in [0.2, 0.25) is 0 Å². The molecule has 0 bridgehead atoms. The minimum absolute atomic E-state index is 0.102. The Kier molecular flexibility index (Phi) is 4.84. The van der Waals surface area contributed by atoms with E-state index < -0.39 is 0 Å². The van der Waals surface area contributed by atoms with Crippen LogP contribution in [0.5, 0.6) is 11.5 Å². The van der Waals surface area contributed by atoms with Crippen LogP contribution < -0.4 is 20.1 Å². The fraction of sp³-hybridized carbons (Fsp3) is 0.533. The number of nitrogens with one attached hydrogen (secondary N) is 2. The van der Waals surface area contributed by atoms with Crippen molar-refractivity contribution in [1.82, 2.24) is 10.6 Å². The zero-order chi connectivity index (χ0) is 14.5. The molecule has 20 heavy (non-hydrogen) atoms. The lowest BCUT2D eigenvalue weighted by Gasteiger charge is -2.14. The highest BCUT2D eigenvalue weighted by Gasteiger charge is 2.17. The molecule has 0 aliphatic carbocycles. The molecule has 1 saturated heterocycles. The number of ether oxygens (including phenoxy) is 2. The molecule has 0 spiro atoms. The van der Waals surface area contributed by atoms with E-state index in [1.165, 1.54) is 6.42 Å². The standard InChI is InChI=1S/C15H22N2O3/c1-10-13(19-2)7-11(8-14(10)20-3)15(18)17-9-12-5-4-6-16-12/h7-8,12,16H,4-6,9H2,1-3H3,(H,17,18). The first kappa shape index (κ1) is 14.7. The van der Waals surface area contributed by atoms with Crippen molar-refractivity contribution >= 4 is 5.91 Å². The maximum absolute atomic E-state index is 12.2. The van der Waals surface area contributed by atoms with Crippen molar-refractivity contribution in [2.75, 3.05) is 27.3 Å². The number of carbonyl (C=O) groups excluding carboxylic acids is 1. The van der Waals surface area contributed by atoms with Crippen LogP contribution in [0.1, 0.15) is 28.8 Å². The highest BCUT2D eigenvalue weighted by Crippen LogP contribution is 2.29. The molecule has 0 aromatic heterocycles. The van der Waals surface area contributed by atoms with Crippen LogP contribution in [0, 0.1) is 6.92 Å². The van der Waals surface area contributed by atoms with E-state index in [9.17, 15) is 4.79 Å². The quantitative estimate of drug-likeness (QED) is 0.857. The number of hydrogen-bond acceptors (Lipinski definition) is 4. The summed E-state index contributed by atoms with van der Waals surface area (Å²) in [6.45, 7) is 3.59. The highest BCUT2D eigenvalue weighted by atomic mass is 16.5. The summed E-state index contributed by atoms with van der Waals surface area (Å²) in [7, 11) is 3.18. The van der Waals surface area contributed by atoms with Crippen molar-refractivity contribution in [3.05, 3.63) is 23.3 Å². The molecule has 1 fully saturated rings. The third-order valence-electron chi connectivity index (χ3n) is 3.69. The Bertz CT molecular complexity index is 457. The second kappa shape index (κ2) is 6.61. The molecule has 1 unspecified atom stereocenters. The smallest absolute Gasteiger partial charge is 0.251 e. The average molecular weight is 278 g/mol. The van der Waals surface area contributed by atoms with Gasteiger partial charge in [0.1, 0.15) is 11.5 Å². The van der Waals surface area contributed by atoms with Crippen molar-refractivity contribution in [2.24, 2.45) is 0 Å². The summed E-state index contributed by atoms with van der Waals surface area (Å²) >= 11 is 0. The second-order valence-electron chi connectivity index (χ2n) is 5.01. The van der Waals surface area contributed by atoms with E-state index in [1.54, 1.807) is 26.4 Å².